The lowest BCUT2D eigenvalue weighted by atomic mass is 9.93. The average molecular weight is 446 g/mol. The second kappa shape index (κ2) is 9.28. The summed E-state index contributed by atoms with van der Waals surface area (Å²) in [5.74, 6) is 1.45. The molecule has 0 atom stereocenters. The zero-order chi connectivity index (χ0) is 23.6. The lowest BCUT2D eigenvalue weighted by Crippen LogP contribution is -2.34. The maximum absolute atomic E-state index is 13.3. The summed E-state index contributed by atoms with van der Waals surface area (Å²) in [4.78, 5) is 13.3. The molecule has 1 amide bonds. The second-order valence-corrected chi connectivity index (χ2v) is 8.75. The van der Waals surface area contributed by atoms with Crippen LogP contribution >= 0.6 is 0 Å². The van der Waals surface area contributed by atoms with E-state index in [-0.39, 0.29) is 19.3 Å². The fourth-order valence-electron chi connectivity index (χ4n) is 4.23. The monoisotopic (exact) mass is 445 g/mol. The first kappa shape index (κ1) is 22.9. The van der Waals surface area contributed by atoms with Gasteiger partial charge in [-0.15, -0.1) is 0 Å². The molecule has 172 valence electrons. The number of hydrogen-bond donors (Lipinski definition) is 2. The zero-order valence-corrected chi connectivity index (χ0v) is 19.7. The maximum atomic E-state index is 13.3. The lowest BCUT2D eigenvalue weighted by molar-refractivity contribution is -0.122. The van der Waals surface area contributed by atoms with Gasteiger partial charge in [-0.25, -0.2) is 0 Å². The Kier molecular flexibility index (Phi) is 6.43. The Bertz CT molecular complexity index is 1150. The van der Waals surface area contributed by atoms with E-state index in [0.717, 1.165) is 57.7 Å². The molecule has 5 heteroatoms. The third kappa shape index (κ3) is 4.46. The summed E-state index contributed by atoms with van der Waals surface area (Å²) < 4.78 is 10.9. The number of amides is 1. The molecule has 0 aromatic heterocycles. The first-order valence-corrected chi connectivity index (χ1v) is 11.3. The van der Waals surface area contributed by atoms with Gasteiger partial charge < -0.3 is 19.9 Å². The van der Waals surface area contributed by atoms with E-state index >= 15 is 0 Å². The highest BCUT2D eigenvalue weighted by atomic mass is 16.7. The normalized spacial score (nSPS) is 17.5. The van der Waals surface area contributed by atoms with Gasteiger partial charge in [0.05, 0.1) is 12.0 Å². The summed E-state index contributed by atoms with van der Waals surface area (Å²) in [6.45, 7) is 8.31. The number of aliphatic hydroxyl groups is 1. The predicted octanol–water partition coefficient (Wildman–Crippen LogP) is 5.40. The first-order chi connectivity index (χ1) is 15.9. The molecule has 2 aliphatic rings. The highest BCUT2D eigenvalue weighted by molar-refractivity contribution is 5.93. The Balaban J connectivity index is 1.59. The lowest BCUT2D eigenvalue weighted by Gasteiger charge is -2.19. The van der Waals surface area contributed by atoms with E-state index in [4.69, 9.17) is 9.47 Å². The quantitative estimate of drug-likeness (QED) is 0.560. The van der Waals surface area contributed by atoms with Crippen LogP contribution in [-0.2, 0) is 16.8 Å². The van der Waals surface area contributed by atoms with Crippen molar-refractivity contribution in [3.63, 3.8) is 0 Å². The van der Waals surface area contributed by atoms with Crippen LogP contribution in [0.4, 0.5) is 0 Å². The smallest absolute Gasteiger partial charge is 0.234 e. The fourth-order valence-corrected chi connectivity index (χ4v) is 4.23. The molecule has 0 unspecified atom stereocenters. The topological polar surface area (TPSA) is 67.8 Å². The molecule has 4 rings (SSSR count). The molecule has 2 aromatic rings. The highest BCUT2D eigenvalue weighted by Gasteiger charge is 2.51. The minimum atomic E-state index is -0.508. The molecule has 0 spiro atoms. The van der Waals surface area contributed by atoms with Crippen molar-refractivity contribution in [1.29, 1.82) is 0 Å². The molecule has 2 aromatic carbocycles. The van der Waals surface area contributed by atoms with E-state index < -0.39 is 5.41 Å². The number of aliphatic hydroxyl groups excluding tert-OH is 1. The van der Waals surface area contributed by atoms with Crippen LogP contribution in [0, 0.1) is 0 Å². The average Bonchev–Trinajstić information content (AvgIpc) is 3.52. The molecule has 0 bridgehead atoms. The van der Waals surface area contributed by atoms with Crippen LogP contribution in [0.3, 0.4) is 0 Å². The Morgan fingerprint density at radius 3 is 2.36 bits per heavy atom. The van der Waals surface area contributed by atoms with Crippen molar-refractivity contribution in [1.82, 2.24) is 5.32 Å². The molecule has 1 saturated carbocycles. The van der Waals surface area contributed by atoms with E-state index in [1.807, 2.05) is 69.3 Å². The molecule has 5 nitrogen and oxygen atoms in total. The molecule has 0 saturated heterocycles. The number of hydrogen-bond acceptors (Lipinski definition) is 4. The van der Waals surface area contributed by atoms with Crippen molar-refractivity contribution >= 4 is 11.5 Å². The molecule has 1 aliphatic carbocycles. The van der Waals surface area contributed by atoms with Crippen molar-refractivity contribution < 1.29 is 19.4 Å². The van der Waals surface area contributed by atoms with Gasteiger partial charge >= 0.3 is 0 Å². The van der Waals surface area contributed by atoms with E-state index in [1.165, 1.54) is 0 Å². The largest absolute Gasteiger partial charge is 0.454 e. The minimum Gasteiger partial charge on any atom is -0.454 e. The molecule has 1 fully saturated rings. The second-order valence-electron chi connectivity index (χ2n) is 8.75. The molecule has 1 heterocycles. The Hall–Kier alpha value is -3.31. The van der Waals surface area contributed by atoms with Crippen LogP contribution in [0.1, 0.15) is 57.2 Å². The van der Waals surface area contributed by atoms with Crippen LogP contribution in [0.5, 0.6) is 11.5 Å². The number of ether oxygens (including phenoxy) is 2. The zero-order valence-electron chi connectivity index (χ0n) is 19.7. The summed E-state index contributed by atoms with van der Waals surface area (Å²) >= 11 is 0. The SMILES string of the molecule is C\C=C/C(=C(C)\C(C)=C(/C)NC(=O)C1(c2ccc3c(c2)OCO3)CC1)c1ccc(CO)cc1. The molecule has 2 N–H and O–H groups in total. The number of carbonyl (C=O) groups is 1. The molecule has 0 radical (unpaired) electrons. The number of rotatable bonds is 7. The van der Waals surface area contributed by atoms with Crippen molar-refractivity contribution in [2.45, 2.75) is 52.6 Å². The van der Waals surface area contributed by atoms with Gasteiger partial charge in [-0.2, -0.15) is 0 Å². The highest BCUT2D eigenvalue weighted by Crippen LogP contribution is 2.50. The fraction of sp³-hybridized carbons (Fsp3) is 0.321. The molecule has 33 heavy (non-hydrogen) atoms. The van der Waals surface area contributed by atoms with Crippen LogP contribution in [0.25, 0.3) is 5.57 Å². The van der Waals surface area contributed by atoms with Crippen LogP contribution in [0.15, 0.2) is 71.5 Å². The molecule has 1 aliphatic heterocycles. The molecular formula is C28H31NO4. The van der Waals surface area contributed by atoms with E-state index in [9.17, 15) is 9.90 Å². The van der Waals surface area contributed by atoms with Gasteiger partial charge in [-0.1, -0.05) is 42.5 Å². The van der Waals surface area contributed by atoms with Gasteiger partial charge in [-0.3, -0.25) is 4.79 Å². The van der Waals surface area contributed by atoms with E-state index in [0.29, 0.717) is 5.75 Å². The van der Waals surface area contributed by atoms with E-state index in [1.54, 1.807) is 0 Å². The van der Waals surface area contributed by atoms with Gasteiger partial charge in [0.25, 0.3) is 0 Å². The van der Waals surface area contributed by atoms with Gasteiger partial charge in [0, 0.05) is 5.70 Å². The number of allylic oxidation sites excluding steroid dienone is 6. The Labute approximate surface area is 195 Å². The number of fused-ring (bicyclic) bond motifs is 1. The summed E-state index contributed by atoms with van der Waals surface area (Å²) in [5.41, 5.74) is 6.47. The first-order valence-electron chi connectivity index (χ1n) is 11.3. The third-order valence-corrected chi connectivity index (χ3v) is 6.72. The predicted molar refractivity (Wildman–Crippen MR) is 130 cm³/mol. The van der Waals surface area contributed by atoms with Gasteiger partial charge in [-0.05, 0) is 86.1 Å². The van der Waals surface area contributed by atoms with Crippen molar-refractivity contribution in [3.8, 4) is 11.5 Å². The standard InChI is InChI=1S/C28H31NO4/c1-5-6-24(22-9-7-21(16-30)8-10-22)19(3)18(2)20(4)29-27(31)28(13-14-28)23-11-12-25-26(15-23)33-17-32-25/h5-12,15,30H,13-14,16-17H2,1-4H3,(H,29,31)/b6-5-,20-18+,24-19+. The van der Waals surface area contributed by atoms with Crippen molar-refractivity contribution in [2.24, 2.45) is 0 Å². The third-order valence-electron chi connectivity index (χ3n) is 6.72. The summed E-state index contributed by atoms with van der Waals surface area (Å²) in [5, 5.41) is 12.5. The Morgan fingerprint density at radius 1 is 1.03 bits per heavy atom. The van der Waals surface area contributed by atoms with Gasteiger partial charge in [0.1, 0.15) is 0 Å². The number of carbonyl (C=O) groups excluding carboxylic acids is 1. The summed E-state index contributed by atoms with van der Waals surface area (Å²) in [7, 11) is 0. The number of benzene rings is 2. The van der Waals surface area contributed by atoms with Crippen LogP contribution in [0.2, 0.25) is 0 Å². The Morgan fingerprint density at radius 2 is 1.73 bits per heavy atom. The van der Waals surface area contributed by atoms with Crippen LogP contribution in [-0.4, -0.2) is 17.8 Å². The minimum absolute atomic E-state index is 0.0193. The van der Waals surface area contributed by atoms with Crippen molar-refractivity contribution in [3.05, 3.63) is 88.2 Å². The number of nitrogens with one attached hydrogen (secondary N) is 1. The summed E-state index contributed by atoms with van der Waals surface area (Å²) in [6, 6.07) is 13.7. The summed E-state index contributed by atoms with van der Waals surface area (Å²) in [6.07, 6.45) is 5.73. The molecular weight excluding hydrogens is 414 g/mol. The van der Waals surface area contributed by atoms with E-state index in [2.05, 4.69) is 18.3 Å². The maximum Gasteiger partial charge on any atom is 0.234 e. The van der Waals surface area contributed by atoms with Gasteiger partial charge in [0.15, 0.2) is 11.5 Å². The van der Waals surface area contributed by atoms with Crippen molar-refractivity contribution in [2.75, 3.05) is 6.79 Å². The van der Waals surface area contributed by atoms with Crippen LogP contribution < -0.4 is 14.8 Å². The van der Waals surface area contributed by atoms with Gasteiger partial charge in [0.2, 0.25) is 12.7 Å².